The zero-order chi connectivity index (χ0) is 18.7. The Balaban J connectivity index is 1.62. The first-order valence-electron chi connectivity index (χ1n) is 8.63. The van der Waals surface area contributed by atoms with Crippen LogP contribution in [0.2, 0.25) is 5.02 Å². The van der Waals surface area contributed by atoms with E-state index in [9.17, 15) is 9.18 Å². The molecule has 1 aromatic heterocycles. The highest BCUT2D eigenvalue weighted by atomic mass is 35.5. The SMILES string of the molecule is C[C@@H]1CN(c2ccnc(F)c2)CCN1C(=O)N[C@H](C)c1ccccc1Cl. The van der Waals surface area contributed by atoms with Crippen molar-refractivity contribution in [2.24, 2.45) is 0 Å². The van der Waals surface area contributed by atoms with Crippen LogP contribution in [0.1, 0.15) is 25.5 Å². The first-order chi connectivity index (χ1) is 12.5. The first-order valence-corrected chi connectivity index (χ1v) is 9.01. The maximum Gasteiger partial charge on any atom is 0.318 e. The number of pyridine rings is 1. The van der Waals surface area contributed by atoms with Crippen LogP contribution in [0.4, 0.5) is 14.9 Å². The van der Waals surface area contributed by atoms with Crippen LogP contribution in [0, 0.1) is 5.95 Å². The maximum atomic E-state index is 13.3. The normalized spacial score (nSPS) is 18.5. The van der Waals surface area contributed by atoms with Crippen molar-refractivity contribution in [2.75, 3.05) is 24.5 Å². The van der Waals surface area contributed by atoms with Gasteiger partial charge in [-0.3, -0.25) is 0 Å². The molecule has 0 radical (unpaired) electrons. The van der Waals surface area contributed by atoms with Crippen molar-refractivity contribution in [1.82, 2.24) is 15.2 Å². The van der Waals surface area contributed by atoms with Gasteiger partial charge in [-0.1, -0.05) is 29.8 Å². The summed E-state index contributed by atoms with van der Waals surface area (Å²) in [6.45, 7) is 5.74. The predicted molar refractivity (Wildman–Crippen MR) is 101 cm³/mol. The Bertz CT molecular complexity index is 788. The average Bonchev–Trinajstić information content (AvgIpc) is 2.61. The van der Waals surface area contributed by atoms with Crippen molar-refractivity contribution in [3.63, 3.8) is 0 Å². The van der Waals surface area contributed by atoms with Gasteiger partial charge in [0.25, 0.3) is 0 Å². The number of rotatable bonds is 3. The second-order valence-corrected chi connectivity index (χ2v) is 6.93. The van der Waals surface area contributed by atoms with Crippen molar-refractivity contribution in [3.05, 3.63) is 59.1 Å². The molecule has 1 N–H and O–H groups in total. The summed E-state index contributed by atoms with van der Waals surface area (Å²) in [7, 11) is 0. The van der Waals surface area contributed by atoms with Crippen molar-refractivity contribution < 1.29 is 9.18 Å². The predicted octanol–water partition coefficient (Wildman–Crippen LogP) is 3.86. The minimum atomic E-state index is -0.496. The topological polar surface area (TPSA) is 48.5 Å². The standard InChI is InChI=1S/C19H22ClFN4O/c1-13-12-24(15-7-8-22-18(21)11-15)9-10-25(13)19(26)23-14(2)16-5-3-4-6-17(16)20/h3-8,11,13-14H,9-10,12H2,1-2H3,(H,23,26)/t13-,14-/m1/s1. The molecule has 1 aliphatic rings. The van der Waals surface area contributed by atoms with Crippen molar-refractivity contribution >= 4 is 23.3 Å². The number of nitrogens with zero attached hydrogens (tertiary/aromatic N) is 3. The Morgan fingerprint density at radius 1 is 1.35 bits per heavy atom. The van der Waals surface area contributed by atoms with Crippen molar-refractivity contribution in [1.29, 1.82) is 0 Å². The molecule has 7 heteroatoms. The molecule has 138 valence electrons. The van der Waals surface area contributed by atoms with Gasteiger partial charge in [0, 0.05) is 48.6 Å². The molecule has 0 spiro atoms. The molecule has 2 amide bonds. The van der Waals surface area contributed by atoms with Crippen LogP contribution < -0.4 is 10.2 Å². The van der Waals surface area contributed by atoms with E-state index in [0.29, 0.717) is 24.7 Å². The number of halogens is 2. The van der Waals surface area contributed by atoms with Crippen LogP contribution in [-0.4, -0.2) is 41.6 Å². The fourth-order valence-electron chi connectivity index (χ4n) is 3.25. The van der Waals surface area contributed by atoms with Gasteiger partial charge in [-0.25, -0.2) is 9.78 Å². The van der Waals surface area contributed by atoms with Crippen LogP contribution in [0.25, 0.3) is 0 Å². The maximum absolute atomic E-state index is 13.3. The third-order valence-corrected chi connectivity index (χ3v) is 5.02. The van der Waals surface area contributed by atoms with Crippen molar-refractivity contribution in [3.8, 4) is 0 Å². The summed E-state index contributed by atoms with van der Waals surface area (Å²) < 4.78 is 13.3. The second-order valence-electron chi connectivity index (χ2n) is 6.52. The van der Waals surface area contributed by atoms with Gasteiger partial charge in [0.15, 0.2) is 0 Å². The average molecular weight is 377 g/mol. The minimum absolute atomic E-state index is 0.00146. The molecular weight excluding hydrogens is 355 g/mol. The molecule has 0 bridgehead atoms. The van der Waals surface area contributed by atoms with Gasteiger partial charge in [0.2, 0.25) is 5.95 Å². The fourth-order valence-corrected chi connectivity index (χ4v) is 3.55. The lowest BCUT2D eigenvalue weighted by atomic mass is 10.1. The number of piperazine rings is 1. The molecule has 1 aliphatic heterocycles. The van der Waals surface area contributed by atoms with Crippen molar-refractivity contribution in [2.45, 2.75) is 25.9 Å². The molecule has 0 aliphatic carbocycles. The molecule has 1 aromatic carbocycles. The third kappa shape index (κ3) is 4.07. The lowest BCUT2D eigenvalue weighted by Gasteiger charge is -2.41. The molecule has 1 saturated heterocycles. The molecule has 1 fully saturated rings. The molecule has 2 aromatic rings. The zero-order valence-electron chi connectivity index (χ0n) is 14.8. The Morgan fingerprint density at radius 2 is 2.12 bits per heavy atom. The van der Waals surface area contributed by atoms with E-state index in [1.54, 1.807) is 11.0 Å². The van der Waals surface area contributed by atoms with Gasteiger partial charge in [0.05, 0.1) is 6.04 Å². The number of amides is 2. The van der Waals surface area contributed by atoms with E-state index in [0.717, 1.165) is 11.3 Å². The van der Waals surface area contributed by atoms with Gasteiger partial charge in [-0.15, -0.1) is 0 Å². The van der Waals surface area contributed by atoms with Gasteiger partial charge in [0.1, 0.15) is 0 Å². The highest BCUT2D eigenvalue weighted by Crippen LogP contribution is 2.23. The van der Waals surface area contributed by atoms with Gasteiger partial charge in [-0.2, -0.15) is 4.39 Å². The van der Waals surface area contributed by atoms with Gasteiger partial charge in [-0.05, 0) is 31.5 Å². The summed E-state index contributed by atoms with van der Waals surface area (Å²) >= 11 is 6.21. The Morgan fingerprint density at radius 3 is 2.81 bits per heavy atom. The molecular formula is C19H22ClFN4O. The largest absolute Gasteiger partial charge is 0.368 e. The summed E-state index contributed by atoms with van der Waals surface area (Å²) in [6.07, 6.45) is 1.46. The van der Waals surface area contributed by atoms with E-state index in [1.807, 2.05) is 38.1 Å². The second kappa shape index (κ2) is 7.91. The van der Waals surface area contributed by atoms with Gasteiger partial charge >= 0.3 is 6.03 Å². The molecule has 26 heavy (non-hydrogen) atoms. The number of urea groups is 1. The Hall–Kier alpha value is -2.34. The molecule has 2 heterocycles. The summed E-state index contributed by atoms with van der Waals surface area (Å²) in [5.41, 5.74) is 1.68. The lowest BCUT2D eigenvalue weighted by molar-refractivity contribution is 0.168. The van der Waals surface area contributed by atoms with E-state index in [2.05, 4.69) is 15.2 Å². The quantitative estimate of drug-likeness (QED) is 0.827. The lowest BCUT2D eigenvalue weighted by Crippen LogP contribution is -2.56. The molecule has 3 rings (SSSR count). The third-order valence-electron chi connectivity index (χ3n) is 4.68. The first kappa shape index (κ1) is 18.5. The van der Waals surface area contributed by atoms with Crippen LogP contribution >= 0.6 is 11.6 Å². The monoisotopic (exact) mass is 376 g/mol. The highest BCUT2D eigenvalue weighted by Gasteiger charge is 2.28. The number of nitrogens with one attached hydrogen (secondary N) is 1. The Labute approximate surface area is 157 Å². The van der Waals surface area contributed by atoms with E-state index < -0.39 is 5.95 Å². The number of anilines is 1. The number of carbonyl (C=O) groups excluding carboxylic acids is 1. The number of benzene rings is 1. The van der Waals surface area contributed by atoms with Crippen LogP contribution in [0.15, 0.2) is 42.6 Å². The van der Waals surface area contributed by atoms with Gasteiger partial charge < -0.3 is 15.1 Å². The summed E-state index contributed by atoms with van der Waals surface area (Å²) in [6, 6.07) is 10.4. The number of carbonyl (C=O) groups is 1. The summed E-state index contributed by atoms with van der Waals surface area (Å²) in [4.78, 5) is 20.1. The number of hydrogen-bond donors (Lipinski definition) is 1. The Kier molecular flexibility index (Phi) is 5.61. The zero-order valence-corrected chi connectivity index (χ0v) is 15.6. The summed E-state index contributed by atoms with van der Waals surface area (Å²) in [5.74, 6) is -0.496. The smallest absolute Gasteiger partial charge is 0.318 e. The highest BCUT2D eigenvalue weighted by molar-refractivity contribution is 6.31. The van der Waals surface area contributed by atoms with E-state index in [1.165, 1.54) is 12.3 Å². The van der Waals surface area contributed by atoms with E-state index in [-0.39, 0.29) is 18.1 Å². The van der Waals surface area contributed by atoms with E-state index in [4.69, 9.17) is 11.6 Å². The summed E-state index contributed by atoms with van der Waals surface area (Å²) in [5, 5.41) is 3.65. The molecule has 0 saturated carbocycles. The van der Waals surface area contributed by atoms with Crippen LogP contribution in [0.5, 0.6) is 0 Å². The molecule has 5 nitrogen and oxygen atoms in total. The molecule has 2 atom stereocenters. The fraction of sp³-hybridized carbons (Fsp3) is 0.368. The van der Waals surface area contributed by atoms with E-state index >= 15 is 0 Å². The van der Waals surface area contributed by atoms with Crippen LogP contribution in [-0.2, 0) is 0 Å². The van der Waals surface area contributed by atoms with Crippen LogP contribution in [0.3, 0.4) is 0 Å². The minimum Gasteiger partial charge on any atom is -0.368 e. The number of aromatic nitrogens is 1. The number of hydrogen-bond acceptors (Lipinski definition) is 3. The molecule has 0 unspecified atom stereocenters.